The quantitative estimate of drug-likeness (QED) is 0.564. The zero-order chi connectivity index (χ0) is 21.9. The van der Waals surface area contributed by atoms with E-state index in [1.165, 1.54) is 37.4 Å². The van der Waals surface area contributed by atoms with Crippen LogP contribution in [0.2, 0.25) is 5.02 Å². The summed E-state index contributed by atoms with van der Waals surface area (Å²) in [6, 6.07) is 14.4. The summed E-state index contributed by atoms with van der Waals surface area (Å²) < 4.78 is 46.6. The number of anilines is 2. The molecule has 3 aromatic rings. The van der Waals surface area contributed by atoms with Gasteiger partial charge in [0.15, 0.2) is 0 Å². The van der Waals surface area contributed by atoms with Gasteiger partial charge in [0.2, 0.25) is 0 Å². The molecule has 9 heteroatoms. The zero-order valence-electron chi connectivity index (χ0n) is 16.1. The van der Waals surface area contributed by atoms with Crippen molar-refractivity contribution in [3.8, 4) is 5.75 Å². The van der Waals surface area contributed by atoms with Crippen molar-refractivity contribution in [2.75, 3.05) is 17.1 Å². The summed E-state index contributed by atoms with van der Waals surface area (Å²) in [4.78, 5) is 12.6. The Kier molecular flexibility index (Phi) is 6.28. The maximum absolute atomic E-state index is 13.6. The summed E-state index contributed by atoms with van der Waals surface area (Å²) in [5.74, 6) is -0.659. The maximum Gasteiger partial charge on any atom is 0.261 e. The Bertz CT molecular complexity index is 1200. The Morgan fingerprint density at radius 3 is 2.30 bits per heavy atom. The van der Waals surface area contributed by atoms with Gasteiger partial charge in [-0.1, -0.05) is 17.7 Å². The molecule has 0 radical (unpaired) electrons. The Balaban J connectivity index is 1.85. The van der Waals surface area contributed by atoms with Crippen molar-refractivity contribution in [2.45, 2.75) is 11.8 Å². The number of halogens is 2. The van der Waals surface area contributed by atoms with E-state index in [4.69, 9.17) is 16.3 Å². The number of hydrogen-bond acceptors (Lipinski definition) is 4. The van der Waals surface area contributed by atoms with Gasteiger partial charge in [-0.15, -0.1) is 0 Å². The van der Waals surface area contributed by atoms with E-state index in [1.54, 1.807) is 31.2 Å². The predicted molar refractivity (Wildman–Crippen MR) is 114 cm³/mol. The van der Waals surface area contributed by atoms with Gasteiger partial charge < -0.3 is 10.1 Å². The molecule has 0 aliphatic rings. The summed E-state index contributed by atoms with van der Waals surface area (Å²) >= 11 is 5.65. The Hall–Kier alpha value is -3.10. The second kappa shape index (κ2) is 8.73. The Morgan fingerprint density at radius 2 is 1.67 bits per heavy atom. The molecule has 0 heterocycles. The second-order valence-electron chi connectivity index (χ2n) is 6.39. The SMILES string of the molecule is COc1ccc(NS(=O)(=O)c2ccc(C)c(C(=O)Nc3ccc(Cl)c(F)c3)c2)cc1. The molecular weight excluding hydrogens is 431 g/mol. The number of carbonyl (C=O) groups is 1. The summed E-state index contributed by atoms with van der Waals surface area (Å²) in [6.45, 7) is 1.67. The first-order valence-corrected chi connectivity index (χ1v) is 10.6. The van der Waals surface area contributed by atoms with E-state index in [0.717, 1.165) is 6.07 Å². The van der Waals surface area contributed by atoms with E-state index in [0.29, 0.717) is 17.0 Å². The van der Waals surface area contributed by atoms with Gasteiger partial charge in [0, 0.05) is 16.9 Å². The highest BCUT2D eigenvalue weighted by atomic mass is 35.5. The van der Waals surface area contributed by atoms with Gasteiger partial charge in [0.05, 0.1) is 17.0 Å². The number of hydrogen-bond donors (Lipinski definition) is 2. The molecular formula is C21H18ClFN2O4S. The van der Waals surface area contributed by atoms with Crippen LogP contribution >= 0.6 is 11.6 Å². The van der Waals surface area contributed by atoms with Crippen molar-refractivity contribution in [2.24, 2.45) is 0 Å². The normalized spacial score (nSPS) is 11.1. The smallest absolute Gasteiger partial charge is 0.261 e. The minimum absolute atomic E-state index is 0.0677. The highest BCUT2D eigenvalue weighted by Gasteiger charge is 2.19. The standard InChI is InChI=1S/C21H18ClFN2O4S/c1-13-3-9-17(30(27,28)25-14-4-7-16(29-2)8-5-14)12-18(13)21(26)24-15-6-10-19(22)20(23)11-15/h3-12,25H,1-2H3,(H,24,26). The second-order valence-corrected chi connectivity index (χ2v) is 8.48. The van der Waals surface area contributed by atoms with E-state index in [-0.39, 0.29) is 21.2 Å². The third kappa shape index (κ3) is 4.90. The van der Waals surface area contributed by atoms with Crippen LogP contribution in [0, 0.1) is 12.7 Å². The van der Waals surface area contributed by atoms with Crippen LogP contribution in [0.4, 0.5) is 15.8 Å². The third-order valence-corrected chi connectivity index (χ3v) is 5.97. The van der Waals surface area contributed by atoms with E-state index in [9.17, 15) is 17.6 Å². The average molecular weight is 449 g/mol. The summed E-state index contributed by atoms with van der Waals surface area (Å²) in [5, 5.41) is 2.47. The lowest BCUT2D eigenvalue weighted by molar-refractivity contribution is 0.102. The van der Waals surface area contributed by atoms with E-state index >= 15 is 0 Å². The van der Waals surface area contributed by atoms with Crippen molar-refractivity contribution in [3.05, 3.63) is 82.6 Å². The van der Waals surface area contributed by atoms with Crippen LogP contribution in [-0.2, 0) is 10.0 Å². The number of methoxy groups -OCH3 is 1. The molecule has 0 aliphatic heterocycles. The Morgan fingerprint density at radius 1 is 1.00 bits per heavy atom. The van der Waals surface area contributed by atoms with E-state index in [2.05, 4.69) is 10.0 Å². The molecule has 0 aliphatic carbocycles. The molecule has 0 unspecified atom stereocenters. The summed E-state index contributed by atoms with van der Waals surface area (Å²) in [6.07, 6.45) is 0. The van der Waals surface area contributed by atoms with Gasteiger partial charge in [-0.3, -0.25) is 9.52 Å². The number of amides is 1. The molecule has 0 fully saturated rings. The molecule has 0 saturated heterocycles. The molecule has 156 valence electrons. The summed E-state index contributed by atoms with van der Waals surface area (Å²) in [5.41, 5.74) is 1.25. The number of benzene rings is 3. The van der Waals surface area contributed by atoms with Crippen molar-refractivity contribution in [3.63, 3.8) is 0 Å². The molecule has 3 aromatic carbocycles. The van der Waals surface area contributed by atoms with Crippen LogP contribution in [0.5, 0.6) is 5.75 Å². The number of sulfonamides is 1. The molecule has 1 amide bonds. The third-order valence-electron chi connectivity index (χ3n) is 4.28. The van der Waals surface area contributed by atoms with Crippen LogP contribution in [-0.4, -0.2) is 21.4 Å². The first kappa shape index (κ1) is 21.6. The first-order valence-electron chi connectivity index (χ1n) is 8.73. The molecule has 0 bridgehead atoms. The van der Waals surface area contributed by atoms with Gasteiger partial charge in [-0.25, -0.2) is 12.8 Å². The molecule has 0 spiro atoms. The minimum atomic E-state index is -3.94. The number of nitrogens with one attached hydrogen (secondary N) is 2. The number of carbonyl (C=O) groups excluding carboxylic acids is 1. The lowest BCUT2D eigenvalue weighted by atomic mass is 10.1. The molecule has 6 nitrogen and oxygen atoms in total. The number of rotatable bonds is 6. The largest absolute Gasteiger partial charge is 0.497 e. The number of ether oxygens (including phenoxy) is 1. The molecule has 30 heavy (non-hydrogen) atoms. The maximum atomic E-state index is 13.6. The van der Waals surface area contributed by atoms with Gasteiger partial charge in [-0.2, -0.15) is 0 Å². The minimum Gasteiger partial charge on any atom is -0.497 e. The monoisotopic (exact) mass is 448 g/mol. The lowest BCUT2D eigenvalue weighted by Crippen LogP contribution is -2.17. The van der Waals surface area contributed by atoms with Gasteiger partial charge >= 0.3 is 0 Å². The van der Waals surface area contributed by atoms with Gasteiger partial charge in [0.1, 0.15) is 11.6 Å². The van der Waals surface area contributed by atoms with E-state index in [1.807, 2.05) is 0 Å². The highest BCUT2D eigenvalue weighted by Crippen LogP contribution is 2.23. The molecule has 0 saturated carbocycles. The van der Waals surface area contributed by atoms with Crippen LogP contribution < -0.4 is 14.8 Å². The fourth-order valence-electron chi connectivity index (χ4n) is 2.66. The number of aryl methyl sites for hydroxylation is 1. The molecule has 3 rings (SSSR count). The Labute approximate surface area is 178 Å². The van der Waals surface area contributed by atoms with Gasteiger partial charge in [0.25, 0.3) is 15.9 Å². The first-order chi connectivity index (χ1) is 14.2. The van der Waals surface area contributed by atoms with Crippen molar-refractivity contribution in [1.29, 1.82) is 0 Å². The van der Waals surface area contributed by atoms with Crippen molar-refractivity contribution >= 4 is 38.9 Å². The van der Waals surface area contributed by atoms with Gasteiger partial charge in [-0.05, 0) is 67.1 Å². The van der Waals surface area contributed by atoms with Crippen LogP contribution in [0.25, 0.3) is 0 Å². The lowest BCUT2D eigenvalue weighted by Gasteiger charge is -2.12. The highest BCUT2D eigenvalue weighted by molar-refractivity contribution is 7.92. The van der Waals surface area contributed by atoms with Crippen LogP contribution in [0.1, 0.15) is 15.9 Å². The van der Waals surface area contributed by atoms with Crippen LogP contribution in [0.3, 0.4) is 0 Å². The summed E-state index contributed by atoms with van der Waals surface area (Å²) in [7, 11) is -2.43. The fourth-order valence-corrected chi connectivity index (χ4v) is 3.86. The predicted octanol–water partition coefficient (Wildman–Crippen LogP) is 4.85. The molecule has 2 N–H and O–H groups in total. The molecule has 0 aromatic heterocycles. The van der Waals surface area contributed by atoms with Crippen LogP contribution in [0.15, 0.2) is 65.6 Å². The average Bonchev–Trinajstić information content (AvgIpc) is 2.71. The van der Waals surface area contributed by atoms with E-state index < -0.39 is 21.7 Å². The molecule has 0 atom stereocenters. The topological polar surface area (TPSA) is 84.5 Å². The fraction of sp³-hybridized carbons (Fsp3) is 0.0952. The van der Waals surface area contributed by atoms with Crippen molar-refractivity contribution < 1.29 is 22.3 Å². The van der Waals surface area contributed by atoms with Crippen molar-refractivity contribution in [1.82, 2.24) is 0 Å². The zero-order valence-corrected chi connectivity index (χ0v) is 17.6.